The fourth-order valence-corrected chi connectivity index (χ4v) is 0.904. The molecule has 6 nitrogen and oxygen atoms in total. The topological polar surface area (TPSA) is 110 Å². The number of nitrogens with one attached hydrogen (secondary N) is 2. The highest BCUT2D eigenvalue weighted by Crippen LogP contribution is 1.98. The summed E-state index contributed by atoms with van der Waals surface area (Å²) in [7, 11) is 0. The minimum absolute atomic E-state index is 0.221. The lowest BCUT2D eigenvalue weighted by atomic mass is 10.0. The molecule has 0 spiro atoms. The van der Waals surface area contributed by atoms with Gasteiger partial charge in [-0.2, -0.15) is 0 Å². The molecular formula is C6H14N4O2. The van der Waals surface area contributed by atoms with E-state index in [-0.39, 0.29) is 24.9 Å². The number of nitrogens with two attached hydrogens (primary N) is 2. The predicted octanol–water partition coefficient (Wildman–Crippen LogP) is -2.17. The highest BCUT2D eigenvalue weighted by atomic mass is 16.1. The third kappa shape index (κ3) is 3.54. The Kier molecular flexibility index (Phi) is 6.39. The summed E-state index contributed by atoms with van der Waals surface area (Å²) < 4.78 is 0. The number of carbonyl (C=O) groups excluding carboxylic acids is 2. The first kappa shape index (κ1) is 11.2. The fraction of sp³-hybridized carbons (Fsp3) is 0.667. The number of aldehydes is 2. The van der Waals surface area contributed by atoms with Gasteiger partial charge >= 0.3 is 0 Å². The lowest BCUT2D eigenvalue weighted by Crippen LogP contribution is -2.53. The zero-order chi connectivity index (χ0) is 9.40. The molecule has 0 saturated heterocycles. The predicted molar refractivity (Wildman–Crippen MR) is 43.6 cm³/mol. The maximum absolute atomic E-state index is 10.1. The van der Waals surface area contributed by atoms with Gasteiger partial charge in [0.2, 0.25) is 0 Å². The monoisotopic (exact) mass is 174 g/mol. The van der Waals surface area contributed by atoms with Crippen LogP contribution < -0.4 is 22.5 Å². The second-order valence-electron chi connectivity index (χ2n) is 2.35. The van der Waals surface area contributed by atoms with Crippen LogP contribution >= 0.6 is 0 Å². The van der Waals surface area contributed by atoms with E-state index in [2.05, 4.69) is 10.9 Å². The highest BCUT2D eigenvalue weighted by molar-refractivity contribution is 5.53. The van der Waals surface area contributed by atoms with E-state index in [0.717, 1.165) is 12.6 Å². The van der Waals surface area contributed by atoms with Crippen LogP contribution in [-0.4, -0.2) is 24.7 Å². The molecule has 0 radical (unpaired) electrons. The number of hydrogen-bond donors (Lipinski definition) is 4. The molecular weight excluding hydrogens is 160 g/mol. The molecule has 0 amide bonds. The van der Waals surface area contributed by atoms with Crippen molar-refractivity contribution in [3.8, 4) is 0 Å². The van der Waals surface area contributed by atoms with Gasteiger partial charge in [0.25, 0.3) is 0 Å². The molecule has 0 aliphatic heterocycles. The quantitative estimate of drug-likeness (QED) is 0.198. The Morgan fingerprint density at radius 1 is 1.00 bits per heavy atom. The molecule has 0 saturated carbocycles. The minimum Gasteiger partial charge on any atom is -0.303 e. The summed E-state index contributed by atoms with van der Waals surface area (Å²) >= 11 is 0. The van der Waals surface area contributed by atoms with Crippen LogP contribution in [0.15, 0.2) is 0 Å². The molecule has 2 unspecified atom stereocenters. The second-order valence-corrected chi connectivity index (χ2v) is 2.35. The molecule has 0 aromatic heterocycles. The van der Waals surface area contributed by atoms with Gasteiger partial charge in [-0.15, -0.1) is 0 Å². The van der Waals surface area contributed by atoms with Crippen LogP contribution in [0.5, 0.6) is 0 Å². The average Bonchev–Trinajstić information content (AvgIpc) is 2.11. The summed E-state index contributed by atoms with van der Waals surface area (Å²) in [6.45, 7) is 0. The third-order valence-corrected chi connectivity index (χ3v) is 1.61. The van der Waals surface area contributed by atoms with Crippen LogP contribution in [0.1, 0.15) is 12.8 Å². The summed E-state index contributed by atoms with van der Waals surface area (Å²) in [5.74, 6) is 10.3. The first-order valence-electron chi connectivity index (χ1n) is 3.59. The van der Waals surface area contributed by atoms with E-state index in [4.69, 9.17) is 11.7 Å². The van der Waals surface area contributed by atoms with Crippen LogP contribution in [0.4, 0.5) is 0 Å². The number of rotatable bonds is 7. The Morgan fingerprint density at radius 2 is 1.33 bits per heavy atom. The smallest absolute Gasteiger partial charge is 0.121 e. The van der Waals surface area contributed by atoms with Gasteiger partial charge in [-0.05, 0) is 0 Å². The minimum atomic E-state index is -0.308. The maximum Gasteiger partial charge on any atom is 0.121 e. The Morgan fingerprint density at radius 3 is 1.50 bits per heavy atom. The van der Waals surface area contributed by atoms with Crippen LogP contribution in [0.2, 0.25) is 0 Å². The Hall–Kier alpha value is -0.820. The van der Waals surface area contributed by atoms with E-state index in [9.17, 15) is 9.59 Å². The molecule has 70 valence electrons. The van der Waals surface area contributed by atoms with Crippen molar-refractivity contribution in [3.63, 3.8) is 0 Å². The molecule has 0 bridgehead atoms. The largest absolute Gasteiger partial charge is 0.303 e. The van der Waals surface area contributed by atoms with E-state index in [1.54, 1.807) is 0 Å². The van der Waals surface area contributed by atoms with Crippen molar-refractivity contribution in [1.82, 2.24) is 10.9 Å². The van der Waals surface area contributed by atoms with Crippen LogP contribution in [0, 0.1) is 0 Å². The van der Waals surface area contributed by atoms with E-state index in [1.165, 1.54) is 0 Å². The van der Waals surface area contributed by atoms with Crippen molar-refractivity contribution in [2.24, 2.45) is 11.7 Å². The van der Waals surface area contributed by atoms with E-state index in [1.807, 2.05) is 0 Å². The summed E-state index contributed by atoms with van der Waals surface area (Å²) in [4.78, 5) is 20.3. The van der Waals surface area contributed by atoms with Gasteiger partial charge in [-0.1, -0.05) is 0 Å². The van der Waals surface area contributed by atoms with Gasteiger partial charge in [-0.25, -0.2) is 0 Å². The van der Waals surface area contributed by atoms with Crippen molar-refractivity contribution in [1.29, 1.82) is 0 Å². The average molecular weight is 174 g/mol. The summed E-state index contributed by atoms with van der Waals surface area (Å²) in [5, 5.41) is 0. The van der Waals surface area contributed by atoms with Gasteiger partial charge in [0.1, 0.15) is 12.6 Å². The Bertz CT molecular complexity index is 126. The zero-order valence-electron chi connectivity index (χ0n) is 6.69. The normalized spacial score (nSPS) is 15.2. The number of hydrazine groups is 2. The molecule has 12 heavy (non-hydrogen) atoms. The molecule has 0 fully saturated rings. The Labute approximate surface area is 70.6 Å². The third-order valence-electron chi connectivity index (χ3n) is 1.61. The van der Waals surface area contributed by atoms with Crippen molar-refractivity contribution in [2.45, 2.75) is 24.9 Å². The standard InChI is InChI=1S/C6H14N4O2/c7-9-5(1-3-11)6(10-8)2-4-12/h3-6,9-10H,1-2,7-8H2. The second kappa shape index (κ2) is 6.86. The molecule has 0 aliphatic carbocycles. The molecule has 6 heteroatoms. The molecule has 0 rings (SSSR count). The van der Waals surface area contributed by atoms with E-state index in [0.29, 0.717) is 0 Å². The first-order chi connectivity index (χ1) is 5.79. The Balaban J connectivity index is 4.00. The summed E-state index contributed by atoms with van der Waals surface area (Å²) in [6, 6.07) is -0.615. The van der Waals surface area contributed by atoms with Crippen LogP contribution in [-0.2, 0) is 9.59 Å². The molecule has 0 aromatic rings. The van der Waals surface area contributed by atoms with E-state index < -0.39 is 0 Å². The van der Waals surface area contributed by atoms with Crippen molar-refractivity contribution in [3.05, 3.63) is 0 Å². The van der Waals surface area contributed by atoms with Crippen molar-refractivity contribution < 1.29 is 9.59 Å². The van der Waals surface area contributed by atoms with Gasteiger partial charge in [0, 0.05) is 24.9 Å². The zero-order valence-corrected chi connectivity index (χ0v) is 6.69. The highest BCUT2D eigenvalue weighted by Gasteiger charge is 2.17. The molecule has 0 aliphatic rings. The first-order valence-corrected chi connectivity index (χ1v) is 3.59. The lowest BCUT2D eigenvalue weighted by molar-refractivity contribution is -0.110. The maximum atomic E-state index is 10.1. The van der Waals surface area contributed by atoms with Gasteiger partial charge in [0.05, 0.1) is 0 Å². The number of carbonyl (C=O) groups is 2. The van der Waals surface area contributed by atoms with E-state index >= 15 is 0 Å². The molecule has 6 N–H and O–H groups in total. The summed E-state index contributed by atoms with van der Waals surface area (Å²) in [6.07, 6.45) is 1.89. The number of hydrogen-bond acceptors (Lipinski definition) is 6. The molecule has 0 aromatic carbocycles. The lowest BCUT2D eigenvalue weighted by Gasteiger charge is -2.21. The van der Waals surface area contributed by atoms with Crippen LogP contribution in [0.3, 0.4) is 0 Å². The fourth-order valence-electron chi connectivity index (χ4n) is 0.904. The molecule has 2 atom stereocenters. The van der Waals surface area contributed by atoms with Gasteiger partial charge in [0.15, 0.2) is 0 Å². The van der Waals surface area contributed by atoms with Crippen molar-refractivity contribution in [2.75, 3.05) is 0 Å². The van der Waals surface area contributed by atoms with Gasteiger partial charge < -0.3 is 9.59 Å². The van der Waals surface area contributed by atoms with Crippen molar-refractivity contribution >= 4 is 12.6 Å². The molecule has 0 heterocycles. The SMILES string of the molecule is NNC(CC=O)C(CC=O)NN. The summed E-state index contributed by atoms with van der Waals surface area (Å²) in [5.41, 5.74) is 4.81. The van der Waals surface area contributed by atoms with Crippen LogP contribution in [0.25, 0.3) is 0 Å². The van der Waals surface area contributed by atoms with Gasteiger partial charge in [-0.3, -0.25) is 22.5 Å².